The molecule has 4 N–H and O–H groups in total. The van der Waals surface area contributed by atoms with Gasteiger partial charge in [-0.2, -0.15) is 0 Å². The topological polar surface area (TPSA) is 86.8 Å². The largest absolute Gasteiger partial charge is 0.409 e. The van der Waals surface area contributed by atoms with Crippen molar-refractivity contribution in [1.29, 1.82) is 0 Å². The molecule has 1 aliphatic rings. The van der Waals surface area contributed by atoms with E-state index in [4.69, 9.17) is 10.9 Å². The molecule has 1 fully saturated rings. The second kappa shape index (κ2) is 7.21. The van der Waals surface area contributed by atoms with Crippen LogP contribution in [-0.4, -0.2) is 46.6 Å². The highest BCUT2D eigenvalue weighted by Gasteiger charge is 2.14. The van der Waals surface area contributed by atoms with Crippen LogP contribution in [0.15, 0.2) is 23.5 Å². The van der Waals surface area contributed by atoms with Gasteiger partial charge >= 0.3 is 0 Å². The van der Waals surface area contributed by atoms with E-state index in [1.807, 2.05) is 12.1 Å². The second-order valence-corrected chi connectivity index (χ2v) is 5.32. The molecule has 1 unspecified atom stereocenters. The number of pyridine rings is 1. The molecule has 110 valence electrons. The fourth-order valence-corrected chi connectivity index (χ4v) is 2.48. The molecule has 1 saturated heterocycles. The minimum atomic E-state index is 0.0389. The van der Waals surface area contributed by atoms with E-state index in [1.165, 1.54) is 25.9 Å². The molecule has 1 aromatic rings. The Kier molecular flexibility index (Phi) is 5.31. The van der Waals surface area contributed by atoms with Crippen LogP contribution in [0.1, 0.15) is 31.0 Å². The molecule has 0 aliphatic carbocycles. The normalized spacial score (nSPS) is 18.4. The molecule has 0 bridgehead atoms. The van der Waals surface area contributed by atoms with Crippen LogP contribution in [0.3, 0.4) is 0 Å². The Morgan fingerprint density at radius 2 is 2.30 bits per heavy atom. The van der Waals surface area contributed by atoms with Crippen LogP contribution in [0.2, 0.25) is 0 Å². The van der Waals surface area contributed by atoms with Gasteiger partial charge in [-0.1, -0.05) is 5.16 Å². The number of hydrogen-bond acceptors (Lipinski definition) is 5. The van der Waals surface area contributed by atoms with Crippen LogP contribution in [0, 0.1) is 0 Å². The lowest BCUT2D eigenvalue weighted by atomic mass is 10.2. The van der Waals surface area contributed by atoms with Gasteiger partial charge in [-0.05, 0) is 50.6 Å². The molecule has 1 aliphatic heterocycles. The van der Waals surface area contributed by atoms with Crippen LogP contribution in [-0.2, 0) is 6.54 Å². The molecule has 2 heterocycles. The average molecular weight is 277 g/mol. The molecule has 6 heteroatoms. The zero-order valence-corrected chi connectivity index (χ0v) is 11.9. The van der Waals surface area contributed by atoms with E-state index < -0.39 is 0 Å². The first kappa shape index (κ1) is 14.7. The summed E-state index contributed by atoms with van der Waals surface area (Å²) in [4.78, 5) is 6.56. The van der Waals surface area contributed by atoms with Gasteiger partial charge in [0.2, 0.25) is 0 Å². The van der Waals surface area contributed by atoms with Crippen LogP contribution in [0.5, 0.6) is 0 Å². The molecule has 6 nitrogen and oxygen atoms in total. The summed E-state index contributed by atoms with van der Waals surface area (Å²) in [7, 11) is 0. The summed E-state index contributed by atoms with van der Waals surface area (Å²) in [5.74, 6) is 0.0389. The predicted molar refractivity (Wildman–Crippen MR) is 78.7 cm³/mol. The Morgan fingerprint density at radius 3 is 3.00 bits per heavy atom. The van der Waals surface area contributed by atoms with Crippen LogP contribution in [0.25, 0.3) is 0 Å². The van der Waals surface area contributed by atoms with E-state index in [2.05, 4.69) is 27.3 Å². The monoisotopic (exact) mass is 277 g/mol. The zero-order chi connectivity index (χ0) is 14.4. The molecular formula is C14H23N5O. The molecule has 2 rings (SSSR count). The SMILES string of the molecule is CC(CN1CCCC1)NCc1ccnc(C(N)=NO)c1. The number of nitrogens with one attached hydrogen (secondary N) is 1. The minimum absolute atomic E-state index is 0.0389. The molecule has 0 amide bonds. The fraction of sp³-hybridized carbons (Fsp3) is 0.571. The molecule has 20 heavy (non-hydrogen) atoms. The number of aromatic nitrogens is 1. The predicted octanol–water partition coefficient (Wildman–Crippen LogP) is 0.750. The van der Waals surface area contributed by atoms with Crippen molar-refractivity contribution in [2.45, 2.75) is 32.4 Å². The lowest BCUT2D eigenvalue weighted by Gasteiger charge is -2.21. The first-order valence-corrected chi connectivity index (χ1v) is 7.07. The third kappa shape index (κ3) is 4.18. The van der Waals surface area contributed by atoms with Crippen LogP contribution >= 0.6 is 0 Å². The maximum absolute atomic E-state index is 8.66. The van der Waals surface area contributed by atoms with Crippen molar-refractivity contribution >= 4 is 5.84 Å². The Balaban J connectivity index is 1.83. The summed E-state index contributed by atoms with van der Waals surface area (Å²) in [5.41, 5.74) is 7.12. The minimum Gasteiger partial charge on any atom is -0.409 e. The van der Waals surface area contributed by atoms with Gasteiger partial charge in [0.25, 0.3) is 0 Å². The Morgan fingerprint density at radius 1 is 1.55 bits per heavy atom. The summed E-state index contributed by atoms with van der Waals surface area (Å²) in [6, 6.07) is 4.21. The van der Waals surface area contributed by atoms with Crippen molar-refractivity contribution in [2.24, 2.45) is 10.9 Å². The van der Waals surface area contributed by atoms with E-state index >= 15 is 0 Å². The Bertz CT molecular complexity index is 457. The highest BCUT2D eigenvalue weighted by atomic mass is 16.4. The van der Waals surface area contributed by atoms with Gasteiger partial charge in [-0.25, -0.2) is 0 Å². The molecular weight excluding hydrogens is 254 g/mol. The molecule has 1 aromatic heterocycles. The molecule has 0 radical (unpaired) electrons. The number of likely N-dealkylation sites (tertiary alicyclic amines) is 1. The third-order valence-electron chi connectivity index (χ3n) is 3.58. The summed E-state index contributed by atoms with van der Waals surface area (Å²) in [6.07, 6.45) is 4.32. The molecule has 0 spiro atoms. The lowest BCUT2D eigenvalue weighted by Crippen LogP contribution is -2.37. The van der Waals surface area contributed by atoms with E-state index in [0.29, 0.717) is 11.7 Å². The number of nitrogens with zero attached hydrogens (tertiary/aromatic N) is 3. The van der Waals surface area contributed by atoms with E-state index in [-0.39, 0.29) is 5.84 Å². The smallest absolute Gasteiger partial charge is 0.188 e. The van der Waals surface area contributed by atoms with Crippen molar-refractivity contribution in [1.82, 2.24) is 15.2 Å². The van der Waals surface area contributed by atoms with Gasteiger partial charge in [0.1, 0.15) is 5.69 Å². The van der Waals surface area contributed by atoms with Gasteiger partial charge < -0.3 is 21.2 Å². The number of hydrogen-bond donors (Lipinski definition) is 3. The number of nitrogens with two attached hydrogens (primary N) is 1. The first-order valence-electron chi connectivity index (χ1n) is 7.07. The summed E-state index contributed by atoms with van der Waals surface area (Å²) < 4.78 is 0. The van der Waals surface area contributed by atoms with Crippen molar-refractivity contribution in [3.63, 3.8) is 0 Å². The van der Waals surface area contributed by atoms with Gasteiger partial charge in [0, 0.05) is 25.3 Å². The standard InChI is InChI=1S/C14H23N5O/c1-11(10-19-6-2-3-7-19)17-9-12-4-5-16-13(8-12)14(15)18-20/h4-5,8,11,17,20H,2-3,6-7,9-10H2,1H3,(H2,15,18). The van der Waals surface area contributed by atoms with Gasteiger partial charge in [0.15, 0.2) is 5.84 Å². The van der Waals surface area contributed by atoms with Crippen molar-refractivity contribution in [3.8, 4) is 0 Å². The summed E-state index contributed by atoms with van der Waals surface area (Å²) in [5, 5.41) is 15.1. The van der Waals surface area contributed by atoms with Gasteiger partial charge in [-0.15, -0.1) is 0 Å². The second-order valence-electron chi connectivity index (χ2n) is 5.32. The Labute approximate surface area is 119 Å². The maximum atomic E-state index is 8.66. The fourth-order valence-electron chi connectivity index (χ4n) is 2.48. The van der Waals surface area contributed by atoms with Crippen LogP contribution in [0.4, 0.5) is 0 Å². The van der Waals surface area contributed by atoms with Crippen molar-refractivity contribution in [2.75, 3.05) is 19.6 Å². The maximum Gasteiger partial charge on any atom is 0.188 e. The molecule has 0 aromatic carbocycles. The van der Waals surface area contributed by atoms with E-state index in [9.17, 15) is 0 Å². The molecule has 0 saturated carbocycles. The first-order chi connectivity index (χ1) is 9.69. The number of rotatable bonds is 6. The summed E-state index contributed by atoms with van der Waals surface area (Å²) >= 11 is 0. The van der Waals surface area contributed by atoms with Crippen molar-refractivity contribution in [3.05, 3.63) is 29.6 Å². The van der Waals surface area contributed by atoms with Crippen LogP contribution < -0.4 is 11.1 Å². The number of oxime groups is 1. The van der Waals surface area contributed by atoms with Gasteiger partial charge in [-0.3, -0.25) is 4.98 Å². The average Bonchev–Trinajstić information content (AvgIpc) is 2.97. The summed E-state index contributed by atoms with van der Waals surface area (Å²) in [6.45, 7) is 6.47. The van der Waals surface area contributed by atoms with E-state index in [0.717, 1.165) is 18.7 Å². The lowest BCUT2D eigenvalue weighted by molar-refractivity contribution is 0.298. The third-order valence-corrected chi connectivity index (χ3v) is 3.58. The van der Waals surface area contributed by atoms with E-state index in [1.54, 1.807) is 6.20 Å². The highest BCUT2D eigenvalue weighted by molar-refractivity contribution is 5.95. The quantitative estimate of drug-likeness (QED) is 0.309. The highest BCUT2D eigenvalue weighted by Crippen LogP contribution is 2.08. The van der Waals surface area contributed by atoms with Crippen molar-refractivity contribution < 1.29 is 5.21 Å². The molecule has 1 atom stereocenters. The van der Waals surface area contributed by atoms with Gasteiger partial charge in [0.05, 0.1) is 0 Å². The number of amidine groups is 1. The zero-order valence-electron chi connectivity index (χ0n) is 11.9. The Hall–Kier alpha value is -1.66.